The number of aliphatic hydroxyl groups excluding tert-OH is 1. The van der Waals surface area contributed by atoms with Crippen molar-refractivity contribution in [1.29, 1.82) is 0 Å². The fraction of sp³-hybridized carbons (Fsp3) is 1.00. The Morgan fingerprint density at radius 2 is 2.00 bits per heavy atom. The molecule has 0 amide bonds. The number of rotatable bonds is 3. The van der Waals surface area contributed by atoms with Crippen LogP contribution in [-0.4, -0.2) is 29.5 Å². The molecule has 15 heavy (non-hydrogen) atoms. The SMILES string of the molecule is CC1(C)CC(CCO)(C(C)(C)N)CCO1. The van der Waals surface area contributed by atoms with Gasteiger partial charge in [0.25, 0.3) is 0 Å². The predicted molar refractivity (Wildman–Crippen MR) is 61.7 cm³/mol. The zero-order valence-corrected chi connectivity index (χ0v) is 10.5. The van der Waals surface area contributed by atoms with Gasteiger partial charge in [-0.25, -0.2) is 0 Å². The topological polar surface area (TPSA) is 55.5 Å². The first kappa shape index (κ1) is 12.9. The summed E-state index contributed by atoms with van der Waals surface area (Å²) in [5.41, 5.74) is 5.90. The maximum absolute atomic E-state index is 9.22. The molecule has 0 aromatic heterocycles. The molecule has 0 aromatic carbocycles. The van der Waals surface area contributed by atoms with Crippen LogP contribution in [0.4, 0.5) is 0 Å². The third-order valence-electron chi connectivity index (χ3n) is 3.79. The van der Waals surface area contributed by atoms with Crippen LogP contribution >= 0.6 is 0 Å². The molecule has 1 aliphatic heterocycles. The van der Waals surface area contributed by atoms with Gasteiger partial charge in [0.05, 0.1) is 5.60 Å². The highest BCUT2D eigenvalue weighted by molar-refractivity contribution is 5.01. The maximum atomic E-state index is 9.22. The second-order valence-electron chi connectivity index (χ2n) is 6.01. The van der Waals surface area contributed by atoms with E-state index in [9.17, 15) is 5.11 Å². The average Bonchev–Trinajstić information content (AvgIpc) is 2.00. The van der Waals surface area contributed by atoms with E-state index in [1.807, 2.05) is 0 Å². The predicted octanol–water partition coefficient (Wildman–Crippen LogP) is 1.68. The molecule has 1 unspecified atom stereocenters. The highest BCUT2D eigenvalue weighted by atomic mass is 16.5. The molecular formula is C12H25NO2. The van der Waals surface area contributed by atoms with Crippen LogP contribution in [0.1, 0.15) is 47.0 Å². The second-order valence-corrected chi connectivity index (χ2v) is 6.01. The molecule has 0 aliphatic carbocycles. The molecule has 1 fully saturated rings. The van der Waals surface area contributed by atoms with Gasteiger partial charge in [0, 0.05) is 18.8 Å². The van der Waals surface area contributed by atoms with Crippen molar-refractivity contribution in [3.8, 4) is 0 Å². The minimum atomic E-state index is -0.267. The number of aliphatic hydroxyl groups is 1. The maximum Gasteiger partial charge on any atom is 0.0632 e. The Hall–Kier alpha value is -0.120. The first-order chi connectivity index (χ1) is 6.72. The van der Waals surface area contributed by atoms with Crippen LogP contribution in [0, 0.1) is 5.41 Å². The van der Waals surface area contributed by atoms with Crippen molar-refractivity contribution in [2.75, 3.05) is 13.2 Å². The molecule has 1 heterocycles. The monoisotopic (exact) mass is 215 g/mol. The molecule has 3 heteroatoms. The van der Waals surface area contributed by atoms with Crippen LogP contribution in [-0.2, 0) is 4.74 Å². The van der Waals surface area contributed by atoms with Crippen LogP contribution in [0.15, 0.2) is 0 Å². The Labute approximate surface area is 93.0 Å². The van der Waals surface area contributed by atoms with Gasteiger partial charge in [0.15, 0.2) is 0 Å². The molecule has 1 saturated heterocycles. The molecular weight excluding hydrogens is 190 g/mol. The summed E-state index contributed by atoms with van der Waals surface area (Å²) in [6.07, 6.45) is 2.63. The van der Waals surface area contributed by atoms with E-state index in [2.05, 4.69) is 27.7 Å². The standard InChI is InChI=1S/C12H25NO2/c1-10(2)9-12(5-7-14,6-8-15-10)11(3,4)13/h14H,5-9,13H2,1-4H3. The Balaban J connectivity index is 2.91. The molecule has 1 atom stereocenters. The highest BCUT2D eigenvalue weighted by Crippen LogP contribution is 2.47. The lowest BCUT2D eigenvalue weighted by Crippen LogP contribution is -2.57. The molecule has 3 N–H and O–H groups in total. The Morgan fingerprint density at radius 1 is 1.40 bits per heavy atom. The number of hydrogen-bond donors (Lipinski definition) is 2. The van der Waals surface area contributed by atoms with E-state index in [4.69, 9.17) is 10.5 Å². The third kappa shape index (κ3) is 2.71. The highest BCUT2D eigenvalue weighted by Gasteiger charge is 2.48. The van der Waals surface area contributed by atoms with Crippen molar-refractivity contribution in [3.63, 3.8) is 0 Å². The summed E-state index contributed by atoms with van der Waals surface area (Å²) in [5.74, 6) is 0. The van der Waals surface area contributed by atoms with Gasteiger partial charge < -0.3 is 15.6 Å². The van der Waals surface area contributed by atoms with Gasteiger partial charge in [-0.1, -0.05) is 0 Å². The normalized spacial score (nSPS) is 31.6. The van der Waals surface area contributed by atoms with Crippen molar-refractivity contribution in [2.24, 2.45) is 11.1 Å². The van der Waals surface area contributed by atoms with Crippen LogP contribution < -0.4 is 5.73 Å². The van der Waals surface area contributed by atoms with E-state index < -0.39 is 0 Å². The minimum Gasteiger partial charge on any atom is -0.396 e. The van der Waals surface area contributed by atoms with Crippen LogP contribution in [0.25, 0.3) is 0 Å². The van der Waals surface area contributed by atoms with Gasteiger partial charge in [0.2, 0.25) is 0 Å². The van der Waals surface area contributed by atoms with Gasteiger partial charge in [0.1, 0.15) is 0 Å². The van der Waals surface area contributed by atoms with E-state index in [1.165, 1.54) is 0 Å². The summed E-state index contributed by atoms with van der Waals surface area (Å²) in [6.45, 7) is 9.27. The molecule has 1 rings (SSSR count). The zero-order valence-electron chi connectivity index (χ0n) is 10.5. The Bertz CT molecular complexity index is 216. The molecule has 0 radical (unpaired) electrons. The van der Waals surface area contributed by atoms with Gasteiger partial charge in [-0.05, 0) is 52.4 Å². The summed E-state index contributed by atoms with van der Waals surface area (Å²) in [6, 6.07) is 0. The van der Waals surface area contributed by atoms with Gasteiger partial charge >= 0.3 is 0 Å². The molecule has 3 nitrogen and oxygen atoms in total. The van der Waals surface area contributed by atoms with Crippen molar-refractivity contribution >= 4 is 0 Å². The lowest BCUT2D eigenvalue weighted by Gasteiger charge is -2.52. The summed E-state index contributed by atoms with van der Waals surface area (Å²) in [7, 11) is 0. The molecule has 1 aliphatic rings. The smallest absolute Gasteiger partial charge is 0.0632 e. The molecule has 0 aromatic rings. The second kappa shape index (κ2) is 4.04. The Morgan fingerprint density at radius 3 is 2.40 bits per heavy atom. The quantitative estimate of drug-likeness (QED) is 0.753. The zero-order chi connectivity index (χ0) is 11.7. The number of hydrogen-bond acceptors (Lipinski definition) is 3. The summed E-state index contributed by atoms with van der Waals surface area (Å²) in [5, 5.41) is 9.22. The van der Waals surface area contributed by atoms with Crippen molar-refractivity contribution in [1.82, 2.24) is 0 Å². The van der Waals surface area contributed by atoms with Crippen molar-refractivity contribution in [2.45, 2.75) is 58.1 Å². The van der Waals surface area contributed by atoms with E-state index >= 15 is 0 Å². The molecule has 90 valence electrons. The average molecular weight is 215 g/mol. The van der Waals surface area contributed by atoms with E-state index in [-0.39, 0.29) is 23.2 Å². The summed E-state index contributed by atoms with van der Waals surface area (Å²) in [4.78, 5) is 0. The van der Waals surface area contributed by atoms with Crippen LogP contribution in [0.5, 0.6) is 0 Å². The van der Waals surface area contributed by atoms with Gasteiger partial charge in [-0.2, -0.15) is 0 Å². The van der Waals surface area contributed by atoms with Crippen LogP contribution in [0.3, 0.4) is 0 Å². The third-order valence-corrected chi connectivity index (χ3v) is 3.79. The number of nitrogens with two attached hydrogens (primary N) is 1. The molecule has 0 saturated carbocycles. The summed E-state index contributed by atoms with van der Waals surface area (Å²) < 4.78 is 5.72. The van der Waals surface area contributed by atoms with Crippen molar-refractivity contribution < 1.29 is 9.84 Å². The Kier molecular flexibility index (Phi) is 3.49. The largest absolute Gasteiger partial charge is 0.396 e. The first-order valence-electron chi connectivity index (χ1n) is 5.76. The van der Waals surface area contributed by atoms with Gasteiger partial charge in [-0.3, -0.25) is 0 Å². The number of ether oxygens (including phenoxy) is 1. The lowest BCUT2D eigenvalue weighted by atomic mass is 9.61. The fourth-order valence-electron chi connectivity index (χ4n) is 2.78. The first-order valence-corrected chi connectivity index (χ1v) is 5.76. The van der Waals surface area contributed by atoms with Crippen LogP contribution in [0.2, 0.25) is 0 Å². The van der Waals surface area contributed by atoms with Gasteiger partial charge in [-0.15, -0.1) is 0 Å². The fourth-order valence-corrected chi connectivity index (χ4v) is 2.78. The van der Waals surface area contributed by atoms with E-state index in [1.54, 1.807) is 0 Å². The van der Waals surface area contributed by atoms with Crippen molar-refractivity contribution in [3.05, 3.63) is 0 Å². The molecule has 0 bridgehead atoms. The van der Waals surface area contributed by atoms with E-state index in [0.717, 1.165) is 25.9 Å². The summed E-state index contributed by atoms with van der Waals surface area (Å²) >= 11 is 0. The lowest BCUT2D eigenvalue weighted by molar-refractivity contribution is -0.129. The molecule has 0 spiro atoms. The minimum absolute atomic E-state index is 0.00347. The van der Waals surface area contributed by atoms with E-state index in [0.29, 0.717) is 0 Å².